The number of carbonyl (C=O) groups excluding carboxylic acids is 1. The molecule has 0 unspecified atom stereocenters. The van der Waals surface area contributed by atoms with Crippen LogP contribution in [-0.4, -0.2) is 11.1 Å². The molecule has 0 N–H and O–H groups in total. The largest absolute Gasteiger partial charge is 0.334 e. The van der Waals surface area contributed by atoms with Gasteiger partial charge in [0.1, 0.15) is 0 Å². The van der Waals surface area contributed by atoms with Crippen molar-refractivity contribution in [1.82, 2.24) is 0 Å². The molecular formula is C9H9NO4. The van der Waals surface area contributed by atoms with Crippen LogP contribution in [0.4, 0.5) is 0 Å². The molecule has 0 aromatic heterocycles. The van der Waals surface area contributed by atoms with E-state index < -0.39 is 11.1 Å². The summed E-state index contributed by atoms with van der Waals surface area (Å²) >= 11 is 0. The predicted octanol–water partition coefficient (Wildman–Crippen LogP) is 1.65. The number of rotatable bonds is 2. The molecule has 5 nitrogen and oxygen atoms in total. The quantitative estimate of drug-likeness (QED) is 0.531. The van der Waals surface area contributed by atoms with Gasteiger partial charge in [0.05, 0.1) is 0 Å². The van der Waals surface area contributed by atoms with Crippen molar-refractivity contribution in [3.05, 3.63) is 45.0 Å². The number of hydrogen-bond donors (Lipinski definition) is 0. The van der Waals surface area contributed by atoms with Crippen molar-refractivity contribution in [2.45, 2.75) is 13.8 Å². The van der Waals surface area contributed by atoms with Crippen molar-refractivity contribution in [2.75, 3.05) is 0 Å². The SMILES string of the molecule is Cc1cccc(C(=O)O[N+](=O)[O-])c1C. The first kappa shape index (κ1) is 10.2. The number of carbonyl (C=O) groups is 1. The molecule has 0 spiro atoms. The van der Waals surface area contributed by atoms with Gasteiger partial charge < -0.3 is 0 Å². The van der Waals surface area contributed by atoms with Gasteiger partial charge in [-0.1, -0.05) is 12.1 Å². The molecule has 1 aromatic rings. The van der Waals surface area contributed by atoms with E-state index in [1.54, 1.807) is 13.0 Å². The van der Waals surface area contributed by atoms with Gasteiger partial charge in [-0.15, -0.1) is 10.1 Å². The molecule has 0 amide bonds. The zero-order valence-electron chi connectivity index (χ0n) is 7.81. The van der Waals surface area contributed by atoms with E-state index in [4.69, 9.17) is 0 Å². The van der Waals surface area contributed by atoms with Crippen molar-refractivity contribution >= 4 is 5.97 Å². The molecule has 14 heavy (non-hydrogen) atoms. The molecule has 0 aliphatic carbocycles. The summed E-state index contributed by atoms with van der Waals surface area (Å²) in [6, 6.07) is 4.96. The first-order chi connectivity index (χ1) is 6.52. The van der Waals surface area contributed by atoms with Crippen LogP contribution in [0.5, 0.6) is 0 Å². The molecule has 0 atom stereocenters. The minimum absolute atomic E-state index is 0.224. The van der Waals surface area contributed by atoms with Crippen LogP contribution in [-0.2, 0) is 4.84 Å². The number of nitrogens with zero attached hydrogens (tertiary/aromatic N) is 1. The molecule has 0 saturated carbocycles. The Balaban J connectivity index is 3.01. The fourth-order valence-electron chi connectivity index (χ4n) is 1.09. The van der Waals surface area contributed by atoms with Gasteiger partial charge in [-0.25, -0.2) is 4.84 Å². The molecule has 1 aromatic carbocycles. The second-order valence-electron chi connectivity index (χ2n) is 2.85. The van der Waals surface area contributed by atoms with Crippen molar-refractivity contribution < 1.29 is 14.7 Å². The van der Waals surface area contributed by atoms with E-state index in [1.165, 1.54) is 6.07 Å². The lowest BCUT2D eigenvalue weighted by molar-refractivity contribution is -0.727. The Morgan fingerprint density at radius 1 is 1.43 bits per heavy atom. The lowest BCUT2D eigenvalue weighted by Gasteiger charge is -2.04. The average Bonchev–Trinajstić information content (AvgIpc) is 2.08. The van der Waals surface area contributed by atoms with E-state index in [-0.39, 0.29) is 5.56 Å². The predicted molar refractivity (Wildman–Crippen MR) is 48.3 cm³/mol. The highest BCUT2D eigenvalue weighted by Gasteiger charge is 2.13. The van der Waals surface area contributed by atoms with Gasteiger partial charge in [-0.3, -0.25) is 4.79 Å². The molecule has 0 aliphatic rings. The maximum absolute atomic E-state index is 11.2. The van der Waals surface area contributed by atoms with Gasteiger partial charge in [0, 0.05) is 5.56 Å². The highest BCUT2D eigenvalue weighted by Crippen LogP contribution is 2.13. The first-order valence-electron chi connectivity index (χ1n) is 3.95. The smallest absolute Gasteiger partial charge is 0.263 e. The van der Waals surface area contributed by atoms with Crippen LogP contribution in [0.1, 0.15) is 21.5 Å². The maximum atomic E-state index is 11.2. The average molecular weight is 195 g/mol. The fraction of sp³-hybridized carbons (Fsp3) is 0.222. The van der Waals surface area contributed by atoms with Gasteiger partial charge >= 0.3 is 11.1 Å². The van der Waals surface area contributed by atoms with Crippen molar-refractivity contribution in [1.29, 1.82) is 0 Å². The van der Waals surface area contributed by atoms with E-state index in [9.17, 15) is 14.9 Å². The lowest BCUT2D eigenvalue weighted by atomic mass is 10.0. The van der Waals surface area contributed by atoms with Crippen molar-refractivity contribution in [2.24, 2.45) is 0 Å². The fourth-order valence-corrected chi connectivity index (χ4v) is 1.09. The third-order valence-corrected chi connectivity index (χ3v) is 1.98. The minimum atomic E-state index is -1.11. The first-order valence-corrected chi connectivity index (χ1v) is 3.95. The van der Waals surface area contributed by atoms with Crippen LogP contribution in [0.25, 0.3) is 0 Å². The van der Waals surface area contributed by atoms with Crippen LogP contribution in [0.2, 0.25) is 0 Å². The Kier molecular flexibility index (Phi) is 2.81. The molecule has 5 heteroatoms. The molecule has 0 heterocycles. The lowest BCUT2D eigenvalue weighted by Crippen LogP contribution is -2.12. The standard InChI is InChI=1S/C9H9NO4/c1-6-4-3-5-8(7(6)2)9(11)14-10(12)13/h3-5H,1-2H3. The van der Waals surface area contributed by atoms with Crippen LogP contribution in [0.3, 0.4) is 0 Å². The summed E-state index contributed by atoms with van der Waals surface area (Å²) in [5, 5.41) is 8.83. The third kappa shape index (κ3) is 2.07. The normalized spacial score (nSPS) is 9.57. The number of hydrogen-bond acceptors (Lipinski definition) is 4. The Morgan fingerprint density at radius 2 is 2.07 bits per heavy atom. The summed E-state index contributed by atoms with van der Waals surface area (Å²) in [6.07, 6.45) is 0. The van der Waals surface area contributed by atoms with Crippen molar-refractivity contribution in [3.63, 3.8) is 0 Å². The summed E-state index contributed by atoms with van der Waals surface area (Å²) in [7, 11) is 0. The Hall–Kier alpha value is -1.91. The van der Waals surface area contributed by atoms with E-state index in [1.807, 2.05) is 13.0 Å². The van der Waals surface area contributed by atoms with Crippen LogP contribution in [0.15, 0.2) is 18.2 Å². The maximum Gasteiger partial charge on any atom is 0.334 e. The monoisotopic (exact) mass is 195 g/mol. The van der Waals surface area contributed by atoms with Gasteiger partial charge in [-0.05, 0) is 31.0 Å². The molecule has 74 valence electrons. The Morgan fingerprint density at radius 3 is 2.64 bits per heavy atom. The number of benzene rings is 1. The third-order valence-electron chi connectivity index (χ3n) is 1.98. The Bertz CT molecular complexity index is 386. The van der Waals surface area contributed by atoms with Gasteiger partial charge in [-0.2, -0.15) is 0 Å². The second kappa shape index (κ2) is 3.87. The molecule has 0 bridgehead atoms. The topological polar surface area (TPSA) is 69.4 Å². The zero-order chi connectivity index (χ0) is 10.7. The van der Waals surface area contributed by atoms with Crippen LogP contribution >= 0.6 is 0 Å². The van der Waals surface area contributed by atoms with Gasteiger partial charge in [0.2, 0.25) is 0 Å². The van der Waals surface area contributed by atoms with Crippen LogP contribution in [0, 0.1) is 24.0 Å². The van der Waals surface area contributed by atoms with Gasteiger partial charge in [0.25, 0.3) is 0 Å². The summed E-state index contributed by atoms with van der Waals surface area (Å²) < 4.78 is 0. The zero-order valence-corrected chi connectivity index (χ0v) is 7.81. The summed E-state index contributed by atoms with van der Waals surface area (Å²) in [4.78, 5) is 25.0. The highest BCUT2D eigenvalue weighted by molar-refractivity contribution is 5.90. The summed E-state index contributed by atoms with van der Waals surface area (Å²) in [5.41, 5.74) is 1.81. The molecule has 0 fully saturated rings. The molecule has 1 rings (SSSR count). The molecule has 0 aliphatic heterocycles. The van der Waals surface area contributed by atoms with E-state index in [0.717, 1.165) is 5.56 Å². The van der Waals surface area contributed by atoms with E-state index >= 15 is 0 Å². The van der Waals surface area contributed by atoms with Gasteiger partial charge in [0.15, 0.2) is 0 Å². The van der Waals surface area contributed by atoms with E-state index in [0.29, 0.717) is 5.56 Å². The van der Waals surface area contributed by atoms with Crippen molar-refractivity contribution in [3.8, 4) is 0 Å². The molecule has 0 saturated heterocycles. The molecular weight excluding hydrogens is 186 g/mol. The minimum Gasteiger partial charge on any atom is -0.263 e. The molecule has 0 radical (unpaired) electrons. The summed E-state index contributed by atoms with van der Waals surface area (Å²) in [5.74, 6) is -0.934. The highest BCUT2D eigenvalue weighted by atomic mass is 17.0. The van der Waals surface area contributed by atoms with Crippen LogP contribution < -0.4 is 0 Å². The van der Waals surface area contributed by atoms with E-state index in [2.05, 4.69) is 4.84 Å². The number of aryl methyl sites for hydroxylation is 1. The summed E-state index contributed by atoms with van der Waals surface area (Å²) in [6.45, 7) is 3.53. The Labute approximate surface area is 80.4 Å². The second-order valence-corrected chi connectivity index (χ2v) is 2.85.